The molecule has 0 aromatic heterocycles. The minimum atomic E-state index is -0.0903. The van der Waals surface area contributed by atoms with Gasteiger partial charge in [0.05, 0.1) is 6.10 Å². The lowest BCUT2D eigenvalue weighted by Crippen LogP contribution is -2.11. The molecule has 1 heteroatoms. The van der Waals surface area contributed by atoms with Crippen LogP contribution in [0.15, 0.2) is 24.3 Å². The largest absolute Gasteiger partial charge is 0.393 e. The fourth-order valence-corrected chi connectivity index (χ4v) is 2.73. The maximum atomic E-state index is 10.1. The summed E-state index contributed by atoms with van der Waals surface area (Å²) in [6.45, 7) is 10.3. The van der Waals surface area contributed by atoms with E-state index in [1.807, 2.05) is 6.08 Å². The van der Waals surface area contributed by atoms with Crippen molar-refractivity contribution in [3.05, 3.63) is 24.3 Å². The second-order valence-electron chi connectivity index (χ2n) is 6.84. The summed E-state index contributed by atoms with van der Waals surface area (Å²) in [5.74, 6) is 0.634. The van der Waals surface area contributed by atoms with Crippen LogP contribution in [0.4, 0.5) is 0 Å². The van der Waals surface area contributed by atoms with E-state index < -0.39 is 0 Å². The average Bonchev–Trinajstić information content (AvgIpc) is 2.41. The third-order valence-electron chi connectivity index (χ3n) is 4.08. The molecule has 0 aromatic carbocycles. The topological polar surface area (TPSA) is 20.2 Å². The van der Waals surface area contributed by atoms with Gasteiger partial charge in [0, 0.05) is 0 Å². The molecule has 0 saturated heterocycles. The molecule has 1 unspecified atom stereocenters. The van der Waals surface area contributed by atoms with Crippen molar-refractivity contribution in [3.8, 4) is 0 Å². The zero-order valence-electron chi connectivity index (χ0n) is 14.7. The Kier molecular flexibility index (Phi) is 14.0. The van der Waals surface area contributed by atoms with E-state index in [2.05, 4.69) is 33.4 Å². The quantitative estimate of drug-likeness (QED) is 0.289. The molecular formula is C20H38O. The number of allylic oxidation sites excluding steroid dienone is 3. The van der Waals surface area contributed by atoms with Crippen molar-refractivity contribution in [3.63, 3.8) is 0 Å². The van der Waals surface area contributed by atoms with Crippen molar-refractivity contribution in [2.45, 2.75) is 97.5 Å². The monoisotopic (exact) mass is 294 g/mol. The van der Waals surface area contributed by atoms with E-state index in [0.717, 1.165) is 25.7 Å². The number of hydrogen-bond acceptors (Lipinski definition) is 1. The van der Waals surface area contributed by atoms with E-state index >= 15 is 0 Å². The smallest absolute Gasteiger partial charge is 0.0542 e. The Hall–Kier alpha value is -0.560. The van der Waals surface area contributed by atoms with Crippen LogP contribution in [0.2, 0.25) is 0 Å². The second kappa shape index (κ2) is 14.4. The van der Waals surface area contributed by atoms with Gasteiger partial charge in [0.1, 0.15) is 0 Å². The van der Waals surface area contributed by atoms with Crippen LogP contribution in [-0.4, -0.2) is 11.2 Å². The van der Waals surface area contributed by atoms with E-state index in [9.17, 15) is 5.11 Å². The van der Waals surface area contributed by atoms with Gasteiger partial charge >= 0.3 is 0 Å². The molecule has 0 aliphatic heterocycles. The molecule has 1 nitrogen and oxygen atoms in total. The van der Waals surface area contributed by atoms with E-state index in [4.69, 9.17) is 0 Å². The van der Waals surface area contributed by atoms with Crippen molar-refractivity contribution in [1.29, 1.82) is 0 Å². The van der Waals surface area contributed by atoms with Gasteiger partial charge in [-0.15, -0.1) is 6.58 Å². The summed E-state index contributed by atoms with van der Waals surface area (Å²) in [7, 11) is 0. The highest BCUT2D eigenvalue weighted by molar-refractivity contribution is 4.92. The fraction of sp³-hybridized carbons (Fsp3) is 0.800. The molecule has 0 aliphatic rings. The van der Waals surface area contributed by atoms with Gasteiger partial charge in [0.2, 0.25) is 0 Å². The standard InChI is InChI=1S/C20H38O/c1-5-6-7-8-9-10-11-12-16-20(21)17-19(4)15-13-14-18(2)3/h5,14,19-21H,1,6-13,15-17H2,2-4H3/t19-,20?/m1/s1. The molecule has 2 atom stereocenters. The minimum Gasteiger partial charge on any atom is -0.393 e. The normalized spacial score (nSPS) is 13.7. The molecule has 0 aromatic rings. The highest BCUT2D eigenvalue weighted by Gasteiger charge is 2.09. The SMILES string of the molecule is C=CCCCCCCCCC(O)C[C@H](C)CCC=C(C)C. The Bertz CT molecular complexity index is 263. The minimum absolute atomic E-state index is 0.0903. The van der Waals surface area contributed by atoms with Crippen LogP contribution < -0.4 is 0 Å². The number of rotatable bonds is 14. The predicted octanol–water partition coefficient (Wildman–Crippen LogP) is 6.43. The second-order valence-corrected chi connectivity index (χ2v) is 6.84. The van der Waals surface area contributed by atoms with Crippen molar-refractivity contribution in [2.75, 3.05) is 0 Å². The number of aliphatic hydroxyl groups excluding tert-OH is 1. The first-order valence-electron chi connectivity index (χ1n) is 8.98. The maximum absolute atomic E-state index is 10.1. The lowest BCUT2D eigenvalue weighted by Gasteiger charge is -2.15. The third-order valence-corrected chi connectivity index (χ3v) is 4.08. The maximum Gasteiger partial charge on any atom is 0.0542 e. The molecule has 0 spiro atoms. The highest BCUT2D eigenvalue weighted by atomic mass is 16.3. The van der Waals surface area contributed by atoms with Crippen LogP contribution in [0.25, 0.3) is 0 Å². The molecule has 0 rings (SSSR count). The van der Waals surface area contributed by atoms with Gasteiger partial charge in [-0.3, -0.25) is 0 Å². The Balaban J connectivity index is 3.42. The zero-order valence-corrected chi connectivity index (χ0v) is 14.7. The molecule has 0 amide bonds. The molecule has 0 radical (unpaired) electrons. The molecule has 1 N–H and O–H groups in total. The van der Waals surface area contributed by atoms with Gasteiger partial charge in [-0.2, -0.15) is 0 Å². The summed E-state index contributed by atoms with van der Waals surface area (Å²) >= 11 is 0. The summed E-state index contributed by atoms with van der Waals surface area (Å²) in [4.78, 5) is 0. The molecule has 0 saturated carbocycles. The average molecular weight is 295 g/mol. The molecule has 0 bridgehead atoms. The summed E-state index contributed by atoms with van der Waals surface area (Å²) in [5.41, 5.74) is 1.40. The first-order valence-corrected chi connectivity index (χ1v) is 8.98. The number of hydrogen-bond donors (Lipinski definition) is 1. The van der Waals surface area contributed by atoms with Crippen LogP contribution in [0, 0.1) is 5.92 Å². The summed E-state index contributed by atoms with van der Waals surface area (Å²) < 4.78 is 0. The lowest BCUT2D eigenvalue weighted by atomic mass is 9.95. The van der Waals surface area contributed by atoms with E-state index in [-0.39, 0.29) is 6.10 Å². The summed E-state index contributed by atoms with van der Waals surface area (Å²) in [6, 6.07) is 0. The number of aliphatic hydroxyl groups is 1. The van der Waals surface area contributed by atoms with E-state index in [0.29, 0.717) is 5.92 Å². The Morgan fingerprint density at radius 1 is 0.952 bits per heavy atom. The van der Waals surface area contributed by atoms with Crippen molar-refractivity contribution in [1.82, 2.24) is 0 Å². The van der Waals surface area contributed by atoms with E-state index in [1.54, 1.807) is 0 Å². The molecule has 124 valence electrons. The summed E-state index contributed by atoms with van der Waals surface area (Å²) in [6.07, 6.45) is 17.4. The van der Waals surface area contributed by atoms with Crippen molar-refractivity contribution in [2.24, 2.45) is 5.92 Å². The summed E-state index contributed by atoms with van der Waals surface area (Å²) in [5, 5.41) is 10.1. The van der Waals surface area contributed by atoms with Gasteiger partial charge in [0.15, 0.2) is 0 Å². The van der Waals surface area contributed by atoms with Gasteiger partial charge in [-0.1, -0.05) is 56.8 Å². The van der Waals surface area contributed by atoms with Crippen molar-refractivity contribution < 1.29 is 5.11 Å². The molecule has 0 fully saturated rings. The van der Waals surface area contributed by atoms with Gasteiger partial charge in [-0.25, -0.2) is 0 Å². The molecule has 21 heavy (non-hydrogen) atoms. The lowest BCUT2D eigenvalue weighted by molar-refractivity contribution is 0.131. The van der Waals surface area contributed by atoms with Crippen LogP contribution in [0.1, 0.15) is 91.4 Å². The highest BCUT2D eigenvalue weighted by Crippen LogP contribution is 2.18. The number of unbranched alkanes of at least 4 members (excludes halogenated alkanes) is 6. The first kappa shape index (κ1) is 20.4. The van der Waals surface area contributed by atoms with Crippen LogP contribution in [0.5, 0.6) is 0 Å². The van der Waals surface area contributed by atoms with E-state index in [1.165, 1.54) is 50.5 Å². The van der Waals surface area contributed by atoms with Gasteiger partial charge < -0.3 is 5.11 Å². The van der Waals surface area contributed by atoms with Gasteiger partial charge in [-0.05, 0) is 58.3 Å². The third kappa shape index (κ3) is 15.6. The Morgan fingerprint density at radius 3 is 2.19 bits per heavy atom. The zero-order chi connectivity index (χ0) is 15.9. The molecule has 0 heterocycles. The van der Waals surface area contributed by atoms with Gasteiger partial charge in [0.25, 0.3) is 0 Å². The molecule has 0 aliphatic carbocycles. The van der Waals surface area contributed by atoms with Crippen LogP contribution >= 0.6 is 0 Å². The molecular weight excluding hydrogens is 256 g/mol. The van der Waals surface area contributed by atoms with Crippen molar-refractivity contribution >= 4 is 0 Å². The fourth-order valence-electron chi connectivity index (χ4n) is 2.73. The Labute approximate surface area is 133 Å². The Morgan fingerprint density at radius 2 is 1.57 bits per heavy atom. The predicted molar refractivity (Wildman–Crippen MR) is 95.6 cm³/mol. The van der Waals surface area contributed by atoms with Crippen LogP contribution in [-0.2, 0) is 0 Å². The van der Waals surface area contributed by atoms with Crippen LogP contribution in [0.3, 0.4) is 0 Å². The first-order chi connectivity index (χ1) is 10.1.